The lowest BCUT2D eigenvalue weighted by Crippen LogP contribution is -2.36. The van der Waals surface area contributed by atoms with Crippen LogP contribution in [-0.2, 0) is 27.9 Å². The first-order valence-corrected chi connectivity index (χ1v) is 16.4. The fraction of sp³-hybridized carbons (Fsp3) is 0.484. The smallest absolute Gasteiger partial charge is 0.490 e. The summed E-state index contributed by atoms with van der Waals surface area (Å²) in [6, 6.07) is 7.34. The molecule has 2 aromatic heterocycles. The maximum atomic E-state index is 13.8. The van der Waals surface area contributed by atoms with Crippen molar-refractivity contribution in [3.63, 3.8) is 0 Å². The number of aryl methyl sites for hydroxylation is 2. The molecular weight excluding hydrogens is 659 g/mol. The fourth-order valence-electron chi connectivity index (χ4n) is 5.43. The Morgan fingerprint density at radius 1 is 1.06 bits per heavy atom. The standard InChI is InChI=1S/C29H37N5O6S.C2HF3O2/c1-19-12-24(38-4)13-20(2)28(19)41(36,37)34(22-7-8-22)17-27-31-25(18-40-27)29(35)33-11-10-23(16-33)32(3)15-21-6-9-26(39-5)30-14-21;3-2(4,5)1(6)7/h6,9,12-14,18,22-23H,7-8,10-11,15-17H2,1-5H3;(H,6,7). The van der Waals surface area contributed by atoms with Gasteiger partial charge in [-0.3, -0.25) is 9.69 Å². The second-order valence-corrected chi connectivity index (χ2v) is 13.4. The highest BCUT2D eigenvalue weighted by Crippen LogP contribution is 2.36. The van der Waals surface area contributed by atoms with E-state index in [0.29, 0.717) is 42.4 Å². The van der Waals surface area contributed by atoms with Gasteiger partial charge in [-0.2, -0.15) is 17.5 Å². The van der Waals surface area contributed by atoms with Gasteiger partial charge in [0, 0.05) is 44.0 Å². The molecule has 2 fully saturated rings. The molecule has 1 N–H and O–H groups in total. The number of alkyl halides is 3. The first-order valence-electron chi connectivity index (χ1n) is 14.9. The van der Waals surface area contributed by atoms with Crippen molar-refractivity contribution in [3.8, 4) is 11.6 Å². The largest absolute Gasteiger partial charge is 0.497 e. The van der Waals surface area contributed by atoms with Crippen molar-refractivity contribution in [2.24, 2.45) is 0 Å². The minimum atomic E-state index is -5.08. The molecule has 17 heteroatoms. The number of oxazole rings is 1. The van der Waals surface area contributed by atoms with Gasteiger partial charge >= 0.3 is 12.1 Å². The number of hydrogen-bond acceptors (Lipinski definition) is 10. The summed E-state index contributed by atoms with van der Waals surface area (Å²) in [5.74, 6) is -1.59. The molecule has 0 spiro atoms. The average Bonchev–Trinajstić information content (AvgIpc) is 3.53. The zero-order valence-corrected chi connectivity index (χ0v) is 28.0. The number of carboxylic acids is 1. The minimum Gasteiger partial charge on any atom is -0.497 e. The summed E-state index contributed by atoms with van der Waals surface area (Å²) >= 11 is 0. The van der Waals surface area contributed by atoms with Gasteiger partial charge in [0.05, 0.1) is 25.7 Å². The SMILES string of the molecule is COc1cc(C)c(S(=O)(=O)N(Cc2nc(C(=O)N3CCC(N(C)Cc4ccc(OC)nc4)C3)co2)C2CC2)c(C)c1.O=C(O)C(F)(F)F. The molecule has 1 aliphatic heterocycles. The Morgan fingerprint density at radius 2 is 1.71 bits per heavy atom. The zero-order chi connectivity index (χ0) is 35.4. The third-order valence-electron chi connectivity index (χ3n) is 8.01. The average molecular weight is 698 g/mol. The monoisotopic (exact) mass is 697 g/mol. The Hall–Kier alpha value is -4.22. The molecule has 0 bridgehead atoms. The van der Waals surface area contributed by atoms with Gasteiger partial charge in [-0.05, 0) is 69.0 Å². The van der Waals surface area contributed by atoms with E-state index in [0.717, 1.165) is 24.8 Å². The first kappa shape index (κ1) is 36.6. The lowest BCUT2D eigenvalue weighted by Gasteiger charge is -2.24. The van der Waals surface area contributed by atoms with E-state index < -0.39 is 22.2 Å². The molecule has 1 aliphatic carbocycles. The maximum absolute atomic E-state index is 13.8. The van der Waals surface area contributed by atoms with Gasteiger partial charge in [-0.1, -0.05) is 6.07 Å². The number of pyridine rings is 1. The van der Waals surface area contributed by atoms with E-state index in [-0.39, 0.29) is 41.0 Å². The van der Waals surface area contributed by atoms with Crippen LogP contribution in [0, 0.1) is 13.8 Å². The van der Waals surface area contributed by atoms with Crippen LogP contribution in [-0.4, -0.2) is 102 Å². The summed E-state index contributed by atoms with van der Waals surface area (Å²) in [5.41, 5.74) is 2.49. The van der Waals surface area contributed by atoms with Crippen LogP contribution >= 0.6 is 0 Å². The minimum absolute atomic E-state index is 0.0353. The second-order valence-electron chi connectivity index (χ2n) is 11.6. The van der Waals surface area contributed by atoms with Gasteiger partial charge in [0.2, 0.25) is 21.8 Å². The predicted molar refractivity (Wildman–Crippen MR) is 165 cm³/mol. The van der Waals surface area contributed by atoms with Crippen LogP contribution in [0.5, 0.6) is 11.6 Å². The molecule has 1 saturated carbocycles. The van der Waals surface area contributed by atoms with Crippen LogP contribution < -0.4 is 9.47 Å². The molecule has 1 saturated heterocycles. The summed E-state index contributed by atoms with van der Waals surface area (Å²) in [6.45, 7) is 5.38. The molecule has 2 aliphatic rings. The summed E-state index contributed by atoms with van der Waals surface area (Å²) in [4.78, 5) is 35.1. The number of carbonyl (C=O) groups excluding carboxylic acids is 1. The van der Waals surface area contributed by atoms with Crippen LogP contribution in [0.4, 0.5) is 13.2 Å². The van der Waals surface area contributed by atoms with Gasteiger partial charge in [0.1, 0.15) is 12.0 Å². The number of carboxylic acid groups (broad SMARTS) is 1. The quantitative estimate of drug-likeness (QED) is 0.309. The zero-order valence-electron chi connectivity index (χ0n) is 27.2. The molecule has 5 rings (SSSR count). The van der Waals surface area contributed by atoms with Crippen LogP contribution in [0.25, 0.3) is 0 Å². The number of halogens is 3. The molecule has 1 aromatic carbocycles. The van der Waals surface area contributed by atoms with Crippen LogP contribution in [0.15, 0.2) is 46.0 Å². The second kappa shape index (κ2) is 14.9. The van der Waals surface area contributed by atoms with Crippen LogP contribution in [0.1, 0.15) is 52.3 Å². The van der Waals surface area contributed by atoms with Gasteiger partial charge in [-0.25, -0.2) is 23.2 Å². The molecule has 3 aromatic rings. The summed E-state index contributed by atoms with van der Waals surface area (Å²) in [5, 5.41) is 7.12. The number of rotatable bonds is 11. The van der Waals surface area contributed by atoms with E-state index in [1.165, 1.54) is 10.6 Å². The molecule has 13 nitrogen and oxygen atoms in total. The lowest BCUT2D eigenvalue weighted by molar-refractivity contribution is -0.192. The molecule has 1 atom stereocenters. The Kier molecular flexibility index (Phi) is 11.4. The number of likely N-dealkylation sites (tertiary alicyclic amines) is 1. The highest BCUT2D eigenvalue weighted by atomic mass is 32.2. The van der Waals surface area contributed by atoms with Gasteiger partial charge in [-0.15, -0.1) is 0 Å². The number of carbonyl (C=O) groups is 2. The van der Waals surface area contributed by atoms with Crippen molar-refractivity contribution in [2.45, 2.75) is 69.4 Å². The molecule has 3 heterocycles. The van der Waals surface area contributed by atoms with Gasteiger partial charge in [0.25, 0.3) is 5.91 Å². The Labute approximate surface area is 276 Å². The summed E-state index contributed by atoms with van der Waals surface area (Å²) < 4.78 is 76.9. The number of ether oxygens (including phenoxy) is 2. The van der Waals surface area contributed by atoms with Crippen molar-refractivity contribution in [1.82, 2.24) is 24.1 Å². The fourth-order valence-corrected chi connectivity index (χ4v) is 7.48. The van der Waals surface area contributed by atoms with Crippen molar-refractivity contribution >= 4 is 21.9 Å². The highest BCUT2D eigenvalue weighted by molar-refractivity contribution is 7.89. The van der Waals surface area contributed by atoms with E-state index in [1.807, 2.05) is 19.2 Å². The molecule has 1 unspecified atom stereocenters. The number of benzene rings is 1. The predicted octanol–water partition coefficient (Wildman–Crippen LogP) is 4.04. The van der Waals surface area contributed by atoms with E-state index >= 15 is 0 Å². The molecule has 262 valence electrons. The van der Waals surface area contributed by atoms with Crippen molar-refractivity contribution in [1.29, 1.82) is 0 Å². The van der Waals surface area contributed by atoms with Gasteiger partial charge < -0.3 is 23.9 Å². The molecule has 0 radical (unpaired) electrons. The Morgan fingerprint density at radius 3 is 2.23 bits per heavy atom. The third-order valence-corrected chi connectivity index (χ3v) is 10.2. The molecular formula is C31H38F3N5O8S. The van der Waals surface area contributed by atoms with Crippen molar-refractivity contribution in [2.75, 3.05) is 34.4 Å². The summed E-state index contributed by atoms with van der Waals surface area (Å²) in [6.07, 6.45) is 0.432. The number of amides is 1. The highest BCUT2D eigenvalue weighted by Gasteiger charge is 2.41. The van der Waals surface area contributed by atoms with Crippen molar-refractivity contribution in [3.05, 3.63) is 65.0 Å². The number of methoxy groups -OCH3 is 2. The number of aliphatic carboxylic acids is 1. The van der Waals surface area contributed by atoms with E-state index in [9.17, 15) is 26.4 Å². The van der Waals surface area contributed by atoms with Crippen LogP contribution in [0.2, 0.25) is 0 Å². The number of likely N-dealkylation sites (N-methyl/N-ethyl adjacent to an activating group) is 1. The number of sulfonamides is 1. The number of aromatic nitrogens is 2. The van der Waals surface area contributed by atoms with Crippen molar-refractivity contribution < 1.29 is 50.2 Å². The number of hydrogen-bond donors (Lipinski definition) is 1. The normalized spacial score (nSPS) is 16.5. The Balaban J connectivity index is 0.000000671. The lowest BCUT2D eigenvalue weighted by atomic mass is 10.1. The van der Waals surface area contributed by atoms with Gasteiger partial charge in [0.15, 0.2) is 5.69 Å². The molecule has 1 amide bonds. The van der Waals surface area contributed by atoms with E-state index in [1.54, 1.807) is 51.3 Å². The first-order chi connectivity index (χ1) is 22.5. The number of nitrogens with zero attached hydrogens (tertiary/aromatic N) is 5. The summed E-state index contributed by atoms with van der Waals surface area (Å²) in [7, 11) is 1.35. The topological polar surface area (TPSA) is 156 Å². The van der Waals surface area contributed by atoms with Crippen LogP contribution in [0.3, 0.4) is 0 Å². The Bertz CT molecular complexity index is 1690. The molecule has 48 heavy (non-hydrogen) atoms. The third kappa shape index (κ3) is 8.82. The van der Waals surface area contributed by atoms with E-state index in [2.05, 4.69) is 14.9 Å². The maximum Gasteiger partial charge on any atom is 0.490 e. The van der Waals surface area contributed by atoms with E-state index in [4.69, 9.17) is 23.8 Å².